The first-order valence-electron chi connectivity index (χ1n) is 44.8. The summed E-state index contributed by atoms with van der Waals surface area (Å²) in [6.45, 7) is 2.96. The lowest BCUT2D eigenvalue weighted by atomic mass is 9.97. The van der Waals surface area contributed by atoms with Crippen LogP contribution in [0.1, 0.15) is 457 Å². The molecule has 602 valence electrons. The molecule has 12 atom stereocenters. The smallest absolute Gasteiger partial charge is 0.220 e. The molecule has 0 bridgehead atoms. The molecule has 0 aromatic heterocycles. The molecule has 101 heavy (non-hydrogen) atoms. The van der Waals surface area contributed by atoms with Gasteiger partial charge in [0, 0.05) is 6.42 Å². The zero-order chi connectivity index (χ0) is 73.0. The normalized spacial score (nSPS) is 21.6. The Labute approximate surface area is 623 Å². The maximum absolute atomic E-state index is 13.4. The van der Waals surface area contributed by atoms with E-state index in [4.69, 9.17) is 18.9 Å². The van der Waals surface area contributed by atoms with Gasteiger partial charge in [0.1, 0.15) is 48.8 Å². The molecule has 12 unspecified atom stereocenters. The Bertz CT molecular complexity index is 1700. The van der Waals surface area contributed by atoms with Gasteiger partial charge in [-0.15, -0.1) is 0 Å². The lowest BCUT2D eigenvalue weighted by molar-refractivity contribution is -0.359. The molecular formula is C87H171NO13. The molecule has 14 heteroatoms. The molecule has 0 spiro atoms. The van der Waals surface area contributed by atoms with Crippen LogP contribution in [0.25, 0.3) is 0 Å². The summed E-state index contributed by atoms with van der Waals surface area (Å²) in [6, 6.07) is -0.826. The highest BCUT2D eigenvalue weighted by Crippen LogP contribution is 2.31. The van der Waals surface area contributed by atoms with Crippen LogP contribution in [0.3, 0.4) is 0 Å². The largest absolute Gasteiger partial charge is 0.394 e. The number of aliphatic hydroxyl groups is 8. The summed E-state index contributed by atoms with van der Waals surface area (Å²) in [6.07, 6.45) is 74.8. The van der Waals surface area contributed by atoms with Crippen molar-refractivity contribution in [1.29, 1.82) is 0 Å². The van der Waals surface area contributed by atoms with Crippen molar-refractivity contribution in [2.45, 2.75) is 530 Å². The molecule has 2 fully saturated rings. The molecule has 2 aliphatic rings. The van der Waals surface area contributed by atoms with E-state index in [1.807, 2.05) is 0 Å². The van der Waals surface area contributed by atoms with E-state index in [0.717, 1.165) is 51.4 Å². The van der Waals surface area contributed by atoms with E-state index < -0.39 is 86.8 Å². The molecule has 0 aromatic rings. The van der Waals surface area contributed by atoms with Crippen LogP contribution in [-0.4, -0.2) is 140 Å². The minimum Gasteiger partial charge on any atom is -0.394 e. The van der Waals surface area contributed by atoms with Crippen LogP contribution in [0, 0.1) is 0 Å². The second-order valence-corrected chi connectivity index (χ2v) is 32.1. The molecule has 2 aliphatic heterocycles. The Morgan fingerprint density at radius 2 is 0.564 bits per heavy atom. The van der Waals surface area contributed by atoms with Crippen LogP contribution < -0.4 is 5.32 Å². The fourth-order valence-corrected chi connectivity index (χ4v) is 15.5. The summed E-state index contributed by atoms with van der Waals surface area (Å²) in [5.41, 5.74) is 0. The molecule has 1 amide bonds. The minimum atomic E-state index is -1.78. The van der Waals surface area contributed by atoms with E-state index in [1.165, 1.54) is 379 Å². The van der Waals surface area contributed by atoms with E-state index in [1.54, 1.807) is 0 Å². The predicted molar refractivity (Wildman–Crippen MR) is 420 cm³/mol. The Morgan fingerprint density at radius 3 is 0.842 bits per heavy atom. The van der Waals surface area contributed by atoms with Crippen LogP contribution in [-0.2, 0) is 23.7 Å². The Balaban J connectivity index is 1.54. The Morgan fingerprint density at radius 1 is 0.317 bits per heavy atom. The van der Waals surface area contributed by atoms with Crippen molar-refractivity contribution >= 4 is 5.91 Å². The highest BCUT2D eigenvalue weighted by atomic mass is 16.7. The first-order chi connectivity index (χ1) is 49.6. The van der Waals surface area contributed by atoms with Crippen molar-refractivity contribution in [3.63, 3.8) is 0 Å². The molecular weight excluding hydrogens is 1270 g/mol. The third-order valence-electron chi connectivity index (χ3n) is 22.6. The van der Waals surface area contributed by atoms with Gasteiger partial charge in [0.2, 0.25) is 5.91 Å². The van der Waals surface area contributed by atoms with Gasteiger partial charge < -0.3 is 65.1 Å². The number of rotatable bonds is 78. The standard InChI is InChI=1S/C87H171NO13/c1-3-5-7-9-11-13-15-17-19-21-23-25-27-29-31-33-34-35-36-37-38-39-40-41-42-43-45-47-49-51-53-55-57-59-61-63-65-67-69-71-79(92)88-75(74-98-86-84(97)82(95)85(78(73-90)100-86)101-87-83(96)81(94)80(93)77(72-89)99-87)76(91)70-68-66-64-62-60-58-56-54-52-50-48-46-44-32-30-28-26-24-22-20-18-16-14-12-10-8-6-4-2/h75-78,80-87,89-91,93-97H,3-74H2,1-2H3,(H,88,92). The van der Waals surface area contributed by atoms with Gasteiger partial charge in [0.25, 0.3) is 0 Å². The second kappa shape index (κ2) is 71.9. The Hall–Kier alpha value is -1.01. The van der Waals surface area contributed by atoms with Crippen LogP contribution in [0.4, 0.5) is 0 Å². The summed E-state index contributed by atoms with van der Waals surface area (Å²) >= 11 is 0. The third kappa shape index (κ3) is 54.3. The van der Waals surface area contributed by atoms with Gasteiger partial charge in [0.05, 0.1) is 32.0 Å². The van der Waals surface area contributed by atoms with Gasteiger partial charge in [-0.05, 0) is 12.8 Å². The van der Waals surface area contributed by atoms with E-state index in [0.29, 0.717) is 12.8 Å². The second-order valence-electron chi connectivity index (χ2n) is 32.1. The number of aliphatic hydroxyl groups excluding tert-OH is 8. The summed E-state index contributed by atoms with van der Waals surface area (Å²) in [7, 11) is 0. The molecule has 0 aliphatic carbocycles. The zero-order valence-electron chi connectivity index (χ0n) is 66.5. The summed E-state index contributed by atoms with van der Waals surface area (Å²) in [5, 5.41) is 88.0. The number of nitrogens with one attached hydrogen (secondary N) is 1. The SMILES string of the molecule is CCCCCCCCCCCCCCCCCCCCCCCCCCCCCCCCCCCCCCCCCC(=O)NC(COC1OC(CO)C(OC2OC(CO)C(O)C(O)C2O)C(O)C1O)C(O)CCCCCCCCCCCCCCCCCCCCCCCCCCCCCC. The van der Waals surface area contributed by atoms with Crippen molar-refractivity contribution in [2.24, 2.45) is 0 Å². The summed E-state index contributed by atoms with van der Waals surface area (Å²) in [4.78, 5) is 13.4. The van der Waals surface area contributed by atoms with Gasteiger partial charge >= 0.3 is 0 Å². The van der Waals surface area contributed by atoms with Gasteiger partial charge in [-0.3, -0.25) is 4.79 Å². The van der Waals surface area contributed by atoms with Gasteiger partial charge in [0.15, 0.2) is 12.6 Å². The Kier molecular flexibility index (Phi) is 68.4. The van der Waals surface area contributed by atoms with Crippen LogP contribution in [0.5, 0.6) is 0 Å². The highest BCUT2D eigenvalue weighted by Gasteiger charge is 2.51. The molecule has 0 saturated carbocycles. The first-order valence-corrected chi connectivity index (χ1v) is 44.8. The van der Waals surface area contributed by atoms with E-state index in [9.17, 15) is 45.6 Å². The zero-order valence-corrected chi connectivity index (χ0v) is 66.5. The monoisotopic (exact) mass is 1440 g/mol. The average Bonchev–Trinajstić information content (AvgIpc) is 0.790. The van der Waals surface area contributed by atoms with Crippen molar-refractivity contribution in [3.05, 3.63) is 0 Å². The fourth-order valence-electron chi connectivity index (χ4n) is 15.5. The van der Waals surface area contributed by atoms with Crippen LogP contribution >= 0.6 is 0 Å². The number of ether oxygens (including phenoxy) is 4. The molecule has 9 N–H and O–H groups in total. The number of amides is 1. The number of hydrogen-bond donors (Lipinski definition) is 9. The molecule has 2 rings (SSSR count). The van der Waals surface area contributed by atoms with Crippen LogP contribution in [0.15, 0.2) is 0 Å². The van der Waals surface area contributed by atoms with Crippen molar-refractivity contribution in [3.8, 4) is 0 Å². The molecule has 0 aromatic carbocycles. The topological polar surface area (TPSA) is 228 Å². The minimum absolute atomic E-state index is 0.194. The average molecular weight is 1440 g/mol. The van der Waals surface area contributed by atoms with Gasteiger partial charge in [-0.2, -0.15) is 0 Å². The molecule has 2 heterocycles. The summed E-state index contributed by atoms with van der Waals surface area (Å²) in [5.74, 6) is -0.194. The van der Waals surface area contributed by atoms with Gasteiger partial charge in [-0.25, -0.2) is 0 Å². The van der Waals surface area contributed by atoms with Crippen LogP contribution in [0.2, 0.25) is 0 Å². The van der Waals surface area contributed by atoms with Crippen molar-refractivity contribution in [2.75, 3.05) is 19.8 Å². The van der Waals surface area contributed by atoms with E-state index in [-0.39, 0.29) is 12.5 Å². The highest BCUT2D eigenvalue weighted by molar-refractivity contribution is 5.76. The number of unbranched alkanes of at least 4 members (excludes halogenated alkanes) is 65. The van der Waals surface area contributed by atoms with Gasteiger partial charge in [-0.1, -0.05) is 438 Å². The maximum Gasteiger partial charge on any atom is 0.220 e. The maximum atomic E-state index is 13.4. The summed E-state index contributed by atoms with van der Waals surface area (Å²) < 4.78 is 23.0. The van der Waals surface area contributed by atoms with E-state index in [2.05, 4.69) is 19.2 Å². The quantitative estimate of drug-likeness (QED) is 0.0259. The first kappa shape index (κ1) is 96.1. The fraction of sp³-hybridized carbons (Fsp3) is 0.989. The lowest BCUT2D eigenvalue weighted by Gasteiger charge is -2.46. The molecule has 0 radical (unpaired) electrons. The lowest BCUT2D eigenvalue weighted by Crippen LogP contribution is -2.65. The number of carbonyl (C=O) groups excluding carboxylic acids is 1. The predicted octanol–water partition coefficient (Wildman–Crippen LogP) is 21.4. The number of carbonyl (C=O) groups is 1. The molecule has 14 nitrogen and oxygen atoms in total. The van der Waals surface area contributed by atoms with Crippen molar-refractivity contribution in [1.82, 2.24) is 5.32 Å². The van der Waals surface area contributed by atoms with Crippen molar-refractivity contribution < 1.29 is 64.6 Å². The third-order valence-corrected chi connectivity index (χ3v) is 22.6. The molecule has 2 saturated heterocycles. The number of hydrogen-bond acceptors (Lipinski definition) is 13. The van der Waals surface area contributed by atoms with E-state index >= 15 is 0 Å².